The van der Waals surface area contributed by atoms with Gasteiger partial charge in [0.2, 0.25) is 11.8 Å². The fourth-order valence-corrected chi connectivity index (χ4v) is 4.25. The molecule has 1 aliphatic heterocycles. The van der Waals surface area contributed by atoms with Crippen LogP contribution in [0.5, 0.6) is 0 Å². The van der Waals surface area contributed by atoms with Gasteiger partial charge in [0.1, 0.15) is 6.04 Å². The highest BCUT2D eigenvalue weighted by Crippen LogP contribution is 2.37. The molecule has 0 saturated heterocycles. The van der Waals surface area contributed by atoms with Crippen LogP contribution in [0.25, 0.3) is 0 Å². The van der Waals surface area contributed by atoms with Gasteiger partial charge in [-0.1, -0.05) is 33.1 Å². The Morgan fingerprint density at radius 1 is 1.24 bits per heavy atom. The second-order valence-electron chi connectivity index (χ2n) is 8.45. The van der Waals surface area contributed by atoms with Gasteiger partial charge in [0.25, 0.3) is 5.91 Å². The summed E-state index contributed by atoms with van der Waals surface area (Å²) < 4.78 is 0. The van der Waals surface area contributed by atoms with Gasteiger partial charge in [-0.05, 0) is 43.4 Å². The van der Waals surface area contributed by atoms with Crippen LogP contribution in [0.4, 0.5) is 11.4 Å². The van der Waals surface area contributed by atoms with Crippen molar-refractivity contribution in [2.24, 2.45) is 17.6 Å². The highest BCUT2D eigenvalue weighted by atomic mass is 16.2. The molecule has 7 heteroatoms. The summed E-state index contributed by atoms with van der Waals surface area (Å²) in [5.74, 6) is -0.163. The lowest BCUT2D eigenvalue weighted by Crippen LogP contribution is -2.53. The van der Waals surface area contributed by atoms with Crippen LogP contribution < -0.4 is 21.3 Å². The highest BCUT2D eigenvalue weighted by molar-refractivity contribution is 6.13. The number of rotatable bonds is 6. The molecule has 0 aromatic heterocycles. The van der Waals surface area contributed by atoms with Gasteiger partial charge in [-0.25, -0.2) is 0 Å². The first-order chi connectivity index (χ1) is 13.9. The summed E-state index contributed by atoms with van der Waals surface area (Å²) in [6.07, 6.45) is 5.62. The van der Waals surface area contributed by atoms with E-state index in [1.807, 2.05) is 0 Å². The van der Waals surface area contributed by atoms with Crippen molar-refractivity contribution in [3.63, 3.8) is 0 Å². The first kappa shape index (κ1) is 21.3. The van der Waals surface area contributed by atoms with Gasteiger partial charge in [-0.15, -0.1) is 0 Å². The second-order valence-corrected chi connectivity index (χ2v) is 8.45. The van der Waals surface area contributed by atoms with Crippen molar-refractivity contribution in [3.8, 4) is 0 Å². The molecule has 0 radical (unpaired) electrons. The van der Waals surface area contributed by atoms with Gasteiger partial charge in [-0.3, -0.25) is 19.3 Å². The van der Waals surface area contributed by atoms with Crippen LogP contribution in [0.3, 0.4) is 0 Å². The van der Waals surface area contributed by atoms with Crippen molar-refractivity contribution >= 4 is 29.1 Å². The second kappa shape index (κ2) is 9.39. The predicted molar refractivity (Wildman–Crippen MR) is 114 cm³/mol. The average Bonchev–Trinajstić information content (AvgIpc) is 2.72. The number of nitrogens with two attached hydrogens (primary N) is 1. The van der Waals surface area contributed by atoms with E-state index in [0.717, 1.165) is 32.1 Å². The minimum absolute atomic E-state index is 0.0341. The monoisotopic (exact) mass is 400 g/mol. The lowest BCUT2D eigenvalue weighted by molar-refractivity contribution is -0.127. The summed E-state index contributed by atoms with van der Waals surface area (Å²) in [7, 11) is 0. The smallest absolute Gasteiger partial charge is 0.251 e. The Hall–Kier alpha value is -2.41. The number of carbonyl (C=O) groups is 3. The van der Waals surface area contributed by atoms with E-state index in [1.54, 1.807) is 23.1 Å². The van der Waals surface area contributed by atoms with Gasteiger partial charge < -0.3 is 16.4 Å². The molecule has 1 unspecified atom stereocenters. The average molecular weight is 401 g/mol. The lowest BCUT2D eigenvalue weighted by atomic mass is 9.86. The van der Waals surface area contributed by atoms with E-state index >= 15 is 0 Å². The molecule has 4 N–H and O–H groups in total. The Balaban J connectivity index is 1.95. The maximum absolute atomic E-state index is 13.5. The molecule has 3 rings (SSSR count). The van der Waals surface area contributed by atoms with E-state index in [-0.39, 0.29) is 29.6 Å². The summed E-state index contributed by atoms with van der Waals surface area (Å²) in [5, 5.41) is 5.65. The summed E-state index contributed by atoms with van der Waals surface area (Å²) in [4.78, 5) is 40.4. The molecule has 1 atom stereocenters. The number of benzene rings is 1. The van der Waals surface area contributed by atoms with E-state index < -0.39 is 6.04 Å². The van der Waals surface area contributed by atoms with Gasteiger partial charge in [0, 0.05) is 24.6 Å². The van der Waals surface area contributed by atoms with E-state index in [2.05, 4.69) is 24.5 Å². The molecule has 7 nitrogen and oxygen atoms in total. The topological polar surface area (TPSA) is 105 Å². The van der Waals surface area contributed by atoms with Crippen LogP contribution in [0.1, 0.15) is 62.7 Å². The van der Waals surface area contributed by atoms with Crippen LogP contribution >= 0.6 is 0 Å². The maximum atomic E-state index is 13.5. The molecule has 0 bridgehead atoms. The zero-order valence-electron chi connectivity index (χ0n) is 17.4. The van der Waals surface area contributed by atoms with Gasteiger partial charge in [-0.2, -0.15) is 0 Å². The number of hydrogen-bond acceptors (Lipinski definition) is 4. The molecule has 29 heavy (non-hydrogen) atoms. The zero-order chi connectivity index (χ0) is 21.0. The van der Waals surface area contributed by atoms with E-state index in [1.165, 1.54) is 0 Å². The molecule has 1 aliphatic carbocycles. The van der Waals surface area contributed by atoms with E-state index in [4.69, 9.17) is 5.73 Å². The Kier molecular flexibility index (Phi) is 6.90. The van der Waals surface area contributed by atoms with Crippen molar-refractivity contribution < 1.29 is 14.4 Å². The van der Waals surface area contributed by atoms with Crippen LogP contribution in [-0.4, -0.2) is 36.9 Å². The summed E-state index contributed by atoms with van der Waals surface area (Å²) in [6.45, 7) is 4.84. The molecular weight excluding hydrogens is 368 g/mol. The molecule has 2 aliphatic rings. The van der Waals surface area contributed by atoms with Crippen molar-refractivity contribution in [2.45, 2.75) is 58.4 Å². The van der Waals surface area contributed by atoms with Crippen LogP contribution in [0.2, 0.25) is 0 Å². The molecule has 0 spiro atoms. The normalized spacial score (nSPS) is 19.7. The summed E-state index contributed by atoms with van der Waals surface area (Å²) >= 11 is 0. The predicted octanol–water partition coefficient (Wildman–Crippen LogP) is 2.66. The fourth-order valence-electron chi connectivity index (χ4n) is 4.25. The van der Waals surface area contributed by atoms with Gasteiger partial charge >= 0.3 is 0 Å². The Labute approximate surface area is 172 Å². The minimum Gasteiger partial charge on any atom is -0.351 e. The number of carbonyl (C=O) groups excluding carboxylic acids is 3. The molecular formula is C22H32N4O3. The quantitative estimate of drug-likeness (QED) is 0.683. The molecule has 1 fully saturated rings. The maximum Gasteiger partial charge on any atom is 0.251 e. The molecule has 1 aromatic rings. The van der Waals surface area contributed by atoms with Crippen LogP contribution in [0.15, 0.2) is 18.2 Å². The van der Waals surface area contributed by atoms with Crippen LogP contribution in [0, 0.1) is 11.8 Å². The third kappa shape index (κ3) is 4.78. The number of anilines is 2. The summed E-state index contributed by atoms with van der Waals surface area (Å²) in [5.41, 5.74) is 7.08. The molecule has 1 heterocycles. The zero-order valence-corrected chi connectivity index (χ0v) is 17.4. The van der Waals surface area contributed by atoms with E-state index in [9.17, 15) is 14.4 Å². The molecule has 158 valence electrons. The van der Waals surface area contributed by atoms with E-state index in [0.29, 0.717) is 36.4 Å². The van der Waals surface area contributed by atoms with Crippen molar-refractivity contribution in [3.05, 3.63) is 23.8 Å². The first-order valence-corrected chi connectivity index (χ1v) is 10.7. The number of nitrogens with zero attached hydrogens (tertiary/aromatic N) is 1. The van der Waals surface area contributed by atoms with Crippen molar-refractivity contribution in [1.82, 2.24) is 5.32 Å². The molecule has 1 saturated carbocycles. The fraction of sp³-hybridized carbons (Fsp3) is 0.591. The van der Waals surface area contributed by atoms with Crippen molar-refractivity contribution in [2.75, 3.05) is 23.3 Å². The number of nitrogens with one attached hydrogen (secondary N) is 2. The molecule has 3 amide bonds. The minimum atomic E-state index is -0.520. The third-order valence-corrected chi connectivity index (χ3v) is 5.71. The van der Waals surface area contributed by atoms with Gasteiger partial charge in [0.15, 0.2) is 0 Å². The summed E-state index contributed by atoms with van der Waals surface area (Å²) in [6, 6.07) is 4.61. The third-order valence-electron chi connectivity index (χ3n) is 5.71. The number of fused-ring (bicyclic) bond motifs is 1. The standard InChI is InChI=1S/C22H32N4O3/c1-14(2)12-19-21(28)25-17-13-16(20(27)24-11-10-23)8-9-18(17)26(19)22(29)15-6-4-3-5-7-15/h8-9,13-15,19H,3-7,10-12,23H2,1-2H3,(H,24,27)(H,25,28). The number of amides is 3. The number of hydrogen-bond donors (Lipinski definition) is 3. The Morgan fingerprint density at radius 2 is 1.97 bits per heavy atom. The first-order valence-electron chi connectivity index (χ1n) is 10.7. The van der Waals surface area contributed by atoms with Gasteiger partial charge in [0.05, 0.1) is 11.4 Å². The lowest BCUT2D eigenvalue weighted by Gasteiger charge is -2.39. The Bertz CT molecular complexity index is 771. The molecule has 1 aromatic carbocycles. The Morgan fingerprint density at radius 3 is 2.62 bits per heavy atom. The largest absolute Gasteiger partial charge is 0.351 e. The highest BCUT2D eigenvalue weighted by Gasteiger charge is 2.40. The van der Waals surface area contributed by atoms with Crippen molar-refractivity contribution in [1.29, 1.82) is 0 Å². The SMILES string of the molecule is CC(C)CC1C(=O)Nc2cc(C(=O)NCCN)ccc2N1C(=O)C1CCCCC1. The van der Waals surface area contributed by atoms with Crippen LogP contribution in [-0.2, 0) is 9.59 Å².